The lowest BCUT2D eigenvalue weighted by Gasteiger charge is -2.46. The third-order valence-electron chi connectivity index (χ3n) is 5.50. The molecule has 0 saturated carbocycles. The Labute approximate surface area is 149 Å². The summed E-state index contributed by atoms with van der Waals surface area (Å²) in [6.07, 6.45) is 3.20. The van der Waals surface area contributed by atoms with Gasteiger partial charge in [0, 0.05) is 31.8 Å². The fourth-order valence-corrected chi connectivity index (χ4v) is 4.01. The molecule has 1 unspecified atom stereocenters. The van der Waals surface area contributed by atoms with Gasteiger partial charge in [0.25, 0.3) is 0 Å². The fourth-order valence-electron chi connectivity index (χ4n) is 4.01. The average molecular weight is 351 g/mol. The summed E-state index contributed by atoms with van der Waals surface area (Å²) in [6, 6.07) is 3.94. The number of hydrogen-bond donors (Lipinski definition) is 1. The first-order valence-electron chi connectivity index (χ1n) is 8.96. The molecule has 2 aliphatic heterocycles. The van der Waals surface area contributed by atoms with Crippen molar-refractivity contribution in [3.05, 3.63) is 17.7 Å². The smallest absolute Gasteiger partial charge is 0.203 e. The largest absolute Gasteiger partial charge is 0.493 e. The van der Waals surface area contributed by atoms with Crippen LogP contribution in [0.15, 0.2) is 12.1 Å². The predicted octanol–water partition coefficient (Wildman–Crippen LogP) is 2.22. The van der Waals surface area contributed by atoms with Crippen LogP contribution >= 0.6 is 0 Å². The maximum absolute atomic E-state index is 10.4. The first-order chi connectivity index (χ1) is 12.1. The Hall–Kier alpha value is -1.50. The van der Waals surface area contributed by atoms with Crippen LogP contribution in [0.5, 0.6) is 17.2 Å². The highest BCUT2D eigenvalue weighted by molar-refractivity contribution is 5.55. The number of ether oxygens (including phenoxy) is 4. The number of hydrogen-bond acceptors (Lipinski definition) is 6. The van der Waals surface area contributed by atoms with Crippen molar-refractivity contribution in [2.45, 2.75) is 43.9 Å². The summed E-state index contributed by atoms with van der Waals surface area (Å²) in [7, 11) is 4.89. The van der Waals surface area contributed by atoms with Crippen molar-refractivity contribution in [2.24, 2.45) is 0 Å². The topological polar surface area (TPSA) is 60.4 Å². The zero-order chi connectivity index (χ0) is 17.9. The van der Waals surface area contributed by atoms with Crippen LogP contribution in [0.4, 0.5) is 0 Å². The molecule has 6 heteroatoms. The normalized spacial score (nSPS) is 23.4. The Morgan fingerprint density at radius 3 is 2.44 bits per heavy atom. The van der Waals surface area contributed by atoms with Gasteiger partial charge in [-0.05, 0) is 31.7 Å². The number of likely N-dealkylation sites (tertiary alicyclic amines) is 1. The molecule has 3 rings (SSSR count). The molecule has 2 saturated heterocycles. The number of piperidine rings is 1. The first kappa shape index (κ1) is 18.3. The molecule has 6 nitrogen and oxygen atoms in total. The van der Waals surface area contributed by atoms with E-state index in [9.17, 15) is 5.11 Å². The second kappa shape index (κ2) is 7.81. The van der Waals surface area contributed by atoms with E-state index in [1.54, 1.807) is 21.3 Å². The Morgan fingerprint density at radius 1 is 1.12 bits per heavy atom. The van der Waals surface area contributed by atoms with Gasteiger partial charge in [0.1, 0.15) is 0 Å². The number of rotatable bonds is 5. The highest BCUT2D eigenvalue weighted by atomic mass is 16.5. The molecule has 1 aromatic rings. The molecule has 0 aliphatic carbocycles. The van der Waals surface area contributed by atoms with E-state index in [1.807, 2.05) is 12.1 Å². The predicted molar refractivity (Wildman–Crippen MR) is 94.5 cm³/mol. The average Bonchev–Trinajstić information content (AvgIpc) is 2.65. The van der Waals surface area contributed by atoms with Gasteiger partial charge in [-0.3, -0.25) is 4.90 Å². The molecule has 1 atom stereocenters. The molecule has 140 valence electrons. The third kappa shape index (κ3) is 3.57. The minimum absolute atomic E-state index is 0.334. The molecule has 0 bridgehead atoms. The van der Waals surface area contributed by atoms with Crippen LogP contribution < -0.4 is 14.2 Å². The molecular weight excluding hydrogens is 322 g/mol. The third-order valence-corrected chi connectivity index (χ3v) is 5.50. The highest BCUT2D eigenvalue weighted by Crippen LogP contribution is 2.41. The van der Waals surface area contributed by atoms with Crippen LogP contribution in [0.3, 0.4) is 0 Å². The Kier molecular flexibility index (Phi) is 5.71. The van der Waals surface area contributed by atoms with E-state index in [-0.39, 0.29) is 11.7 Å². The summed E-state index contributed by atoms with van der Waals surface area (Å²) in [6.45, 7) is 3.33. The van der Waals surface area contributed by atoms with Gasteiger partial charge in [-0.25, -0.2) is 0 Å². The Bertz CT molecular complexity index is 583. The van der Waals surface area contributed by atoms with Gasteiger partial charge in [0.2, 0.25) is 5.75 Å². The van der Waals surface area contributed by atoms with Crippen molar-refractivity contribution >= 4 is 0 Å². The molecule has 0 radical (unpaired) electrons. The van der Waals surface area contributed by atoms with Crippen molar-refractivity contribution in [3.63, 3.8) is 0 Å². The summed E-state index contributed by atoms with van der Waals surface area (Å²) in [5.41, 5.74) is 0.734. The molecule has 2 heterocycles. The molecule has 1 spiro atoms. The zero-order valence-electron chi connectivity index (χ0n) is 15.4. The summed E-state index contributed by atoms with van der Waals surface area (Å²) < 4.78 is 22.4. The van der Waals surface area contributed by atoms with E-state index in [1.165, 1.54) is 0 Å². The van der Waals surface area contributed by atoms with E-state index >= 15 is 0 Å². The highest BCUT2D eigenvalue weighted by Gasteiger charge is 2.43. The van der Waals surface area contributed by atoms with Gasteiger partial charge in [-0.15, -0.1) is 0 Å². The molecule has 25 heavy (non-hydrogen) atoms. The molecule has 1 aromatic carbocycles. The monoisotopic (exact) mass is 351 g/mol. The fraction of sp³-hybridized carbons (Fsp3) is 0.684. The Balaban J connectivity index is 1.70. The number of nitrogens with zero attached hydrogens (tertiary/aromatic N) is 1. The van der Waals surface area contributed by atoms with Crippen LogP contribution in [0, 0.1) is 0 Å². The lowest BCUT2D eigenvalue weighted by molar-refractivity contribution is -0.177. The zero-order valence-corrected chi connectivity index (χ0v) is 15.4. The molecule has 2 fully saturated rings. The van der Waals surface area contributed by atoms with Crippen molar-refractivity contribution in [2.75, 3.05) is 41.0 Å². The van der Waals surface area contributed by atoms with Crippen molar-refractivity contribution < 1.29 is 24.1 Å². The van der Waals surface area contributed by atoms with Gasteiger partial charge in [0.05, 0.1) is 33.0 Å². The molecule has 1 N–H and O–H groups in total. The second-order valence-electron chi connectivity index (χ2n) is 6.84. The van der Waals surface area contributed by atoms with Gasteiger partial charge in [-0.1, -0.05) is 6.07 Å². The van der Waals surface area contributed by atoms with Crippen molar-refractivity contribution in [1.82, 2.24) is 4.90 Å². The van der Waals surface area contributed by atoms with E-state index in [4.69, 9.17) is 18.9 Å². The van der Waals surface area contributed by atoms with Crippen LogP contribution in [0.25, 0.3) is 0 Å². The maximum Gasteiger partial charge on any atom is 0.203 e. The van der Waals surface area contributed by atoms with E-state index in [0.717, 1.165) is 63.2 Å². The molecule has 0 amide bonds. The van der Waals surface area contributed by atoms with Crippen molar-refractivity contribution in [1.29, 1.82) is 0 Å². The number of aliphatic hydroxyl groups excluding tert-OH is 1. The van der Waals surface area contributed by atoms with E-state index < -0.39 is 0 Å². The maximum atomic E-state index is 10.4. The van der Waals surface area contributed by atoms with Crippen LogP contribution in [0.2, 0.25) is 0 Å². The van der Waals surface area contributed by atoms with E-state index in [2.05, 4.69) is 4.90 Å². The standard InChI is InChI=1S/C19H29NO5/c1-22-15-7-6-14(17(23-2)18(15)24-3)13-20-10-8-19(9-11-20)16(21)5-4-12-25-19/h6-7,16,21H,4-5,8-13H2,1-3H3. The number of benzene rings is 1. The number of aliphatic hydroxyl groups is 1. The minimum Gasteiger partial charge on any atom is -0.493 e. The summed E-state index contributed by atoms with van der Waals surface area (Å²) in [4.78, 5) is 2.37. The first-order valence-corrected chi connectivity index (χ1v) is 8.96. The van der Waals surface area contributed by atoms with Gasteiger partial charge >= 0.3 is 0 Å². The summed E-state index contributed by atoms with van der Waals surface area (Å²) in [5.74, 6) is 2.01. The SMILES string of the molecule is COc1ccc(CN2CCC3(CC2)OCCCC3O)c(OC)c1OC. The van der Waals surface area contributed by atoms with E-state index in [0.29, 0.717) is 11.5 Å². The minimum atomic E-state index is -0.337. The lowest BCUT2D eigenvalue weighted by Crippen LogP contribution is -2.55. The van der Waals surface area contributed by atoms with Gasteiger partial charge in [-0.2, -0.15) is 0 Å². The number of methoxy groups -OCH3 is 3. The lowest BCUT2D eigenvalue weighted by atomic mass is 9.82. The quantitative estimate of drug-likeness (QED) is 0.878. The van der Waals surface area contributed by atoms with Crippen LogP contribution in [-0.2, 0) is 11.3 Å². The summed E-state index contributed by atoms with van der Waals surface area (Å²) >= 11 is 0. The summed E-state index contributed by atoms with van der Waals surface area (Å²) in [5, 5.41) is 10.4. The van der Waals surface area contributed by atoms with Crippen LogP contribution in [0.1, 0.15) is 31.2 Å². The van der Waals surface area contributed by atoms with Gasteiger partial charge in [0.15, 0.2) is 11.5 Å². The van der Waals surface area contributed by atoms with Crippen LogP contribution in [-0.4, -0.2) is 62.7 Å². The molecular formula is C19H29NO5. The molecule has 2 aliphatic rings. The second-order valence-corrected chi connectivity index (χ2v) is 6.84. The molecule has 0 aromatic heterocycles. The Morgan fingerprint density at radius 2 is 1.84 bits per heavy atom. The van der Waals surface area contributed by atoms with Crippen molar-refractivity contribution in [3.8, 4) is 17.2 Å². The van der Waals surface area contributed by atoms with Gasteiger partial charge < -0.3 is 24.1 Å².